The van der Waals surface area contributed by atoms with Gasteiger partial charge in [0.1, 0.15) is 18.1 Å². The Morgan fingerprint density at radius 3 is 2.72 bits per heavy atom. The normalized spacial score (nSPS) is 10.3. The van der Waals surface area contributed by atoms with Crippen molar-refractivity contribution in [3.63, 3.8) is 0 Å². The van der Waals surface area contributed by atoms with Gasteiger partial charge in [-0.3, -0.25) is 0 Å². The Bertz CT molecular complexity index is 643. The summed E-state index contributed by atoms with van der Waals surface area (Å²) in [5, 5.41) is 0. The highest BCUT2D eigenvalue weighted by molar-refractivity contribution is 9.10. The molecule has 0 atom stereocenters. The third kappa shape index (κ3) is 2.56. The first kappa shape index (κ1) is 13.5. The third-order valence-corrected chi connectivity index (χ3v) is 2.94. The summed E-state index contributed by atoms with van der Waals surface area (Å²) in [6, 6.07) is 9.75. The zero-order valence-corrected chi connectivity index (χ0v) is 13.3. The van der Waals surface area contributed by atoms with Gasteiger partial charge in [0.05, 0.1) is 4.47 Å². The van der Waals surface area contributed by atoms with Crippen molar-refractivity contribution < 1.29 is 33.0 Å². The van der Waals surface area contributed by atoms with Gasteiger partial charge in [0.2, 0.25) is 5.89 Å². The Morgan fingerprint density at radius 1 is 1.22 bits per heavy atom. The highest BCUT2D eigenvalue weighted by Crippen LogP contribution is 2.24. The molecule has 0 bridgehead atoms. The van der Waals surface area contributed by atoms with Crippen LogP contribution in [0.2, 0.25) is 0 Å². The molecule has 3 nitrogen and oxygen atoms in total. The number of aryl methyl sites for hydroxylation is 1. The number of nitrogens with zero attached hydrogens (tertiary/aromatic N) is 2. The number of hydrogen-bond acceptors (Lipinski definition) is 2. The second-order valence-electron chi connectivity index (χ2n) is 3.89. The van der Waals surface area contributed by atoms with Gasteiger partial charge in [0.25, 0.3) is 0 Å². The summed E-state index contributed by atoms with van der Waals surface area (Å²) in [4.78, 5) is 4.46. The molecule has 0 saturated heterocycles. The number of para-hydroxylation sites is 2. The molecule has 0 aliphatic rings. The zero-order chi connectivity index (χ0) is 11.8. The maximum absolute atomic E-state index is 5.72. The van der Waals surface area contributed by atoms with Crippen molar-refractivity contribution in [2.45, 2.75) is 0 Å². The van der Waals surface area contributed by atoms with Crippen LogP contribution in [0.1, 0.15) is 0 Å². The topological polar surface area (TPSA) is 29.9 Å². The lowest BCUT2D eigenvalue weighted by atomic mass is 10.3. The quantitative estimate of drug-likeness (QED) is 0.415. The van der Waals surface area contributed by atoms with Crippen molar-refractivity contribution in [3.05, 3.63) is 47.2 Å². The summed E-state index contributed by atoms with van der Waals surface area (Å²) in [6.45, 7) is 0. The fraction of sp³-hybridized carbons (Fsp3) is 0.0769. The lowest BCUT2D eigenvalue weighted by molar-refractivity contribution is -0.671. The van der Waals surface area contributed by atoms with E-state index in [1.54, 1.807) is 0 Å². The van der Waals surface area contributed by atoms with Gasteiger partial charge < -0.3 is 28.4 Å². The van der Waals surface area contributed by atoms with Crippen molar-refractivity contribution in [2.75, 3.05) is 0 Å². The van der Waals surface area contributed by atoms with Crippen LogP contribution in [0.15, 0.2) is 51.6 Å². The van der Waals surface area contributed by atoms with E-state index in [1.165, 1.54) is 0 Å². The van der Waals surface area contributed by atoms with Crippen molar-refractivity contribution in [1.29, 1.82) is 0 Å². The molecule has 0 N–H and O–H groups in total. The summed E-state index contributed by atoms with van der Waals surface area (Å²) >= 11 is 3.46. The Kier molecular flexibility index (Phi) is 4.01. The summed E-state index contributed by atoms with van der Waals surface area (Å²) in [6.07, 6.45) is 3.96. The molecular formula is C13H10BrIN2O. The molecule has 0 fully saturated rings. The first-order chi connectivity index (χ1) is 8.22. The van der Waals surface area contributed by atoms with E-state index in [1.807, 2.05) is 54.3 Å². The van der Waals surface area contributed by atoms with E-state index < -0.39 is 0 Å². The largest absolute Gasteiger partial charge is 1.00 e. The minimum Gasteiger partial charge on any atom is -1.00 e. The average molecular weight is 417 g/mol. The number of fused-ring (bicyclic) bond motifs is 1. The second kappa shape index (κ2) is 5.36. The molecule has 2 heterocycles. The van der Waals surface area contributed by atoms with Crippen LogP contribution in [0.25, 0.3) is 22.6 Å². The van der Waals surface area contributed by atoms with Crippen LogP contribution < -0.4 is 28.5 Å². The fourth-order valence-electron chi connectivity index (χ4n) is 1.79. The molecule has 3 rings (SSSR count). The molecule has 1 aromatic carbocycles. The molecule has 0 radical (unpaired) electrons. The predicted molar refractivity (Wildman–Crippen MR) is 68.3 cm³/mol. The minimum absolute atomic E-state index is 0. The predicted octanol–water partition coefficient (Wildman–Crippen LogP) is 0.0858. The Balaban J connectivity index is 0.00000120. The number of rotatable bonds is 1. The van der Waals surface area contributed by atoms with Gasteiger partial charge in [0, 0.05) is 0 Å². The van der Waals surface area contributed by atoms with Gasteiger partial charge in [-0.05, 0) is 34.1 Å². The Morgan fingerprint density at radius 2 is 2.00 bits per heavy atom. The highest BCUT2D eigenvalue weighted by atomic mass is 127. The van der Waals surface area contributed by atoms with Gasteiger partial charge in [0.15, 0.2) is 18.0 Å². The van der Waals surface area contributed by atoms with Crippen LogP contribution >= 0.6 is 15.9 Å². The summed E-state index contributed by atoms with van der Waals surface area (Å²) < 4.78 is 8.69. The molecule has 0 amide bonds. The molecular weight excluding hydrogens is 407 g/mol. The highest BCUT2D eigenvalue weighted by Gasteiger charge is 2.11. The van der Waals surface area contributed by atoms with Gasteiger partial charge in [-0.15, -0.1) is 0 Å². The molecule has 2 aromatic heterocycles. The molecule has 0 spiro atoms. The average Bonchev–Trinajstić information content (AvgIpc) is 2.71. The Hall–Kier alpha value is -0.950. The van der Waals surface area contributed by atoms with E-state index in [2.05, 4.69) is 20.9 Å². The van der Waals surface area contributed by atoms with E-state index >= 15 is 0 Å². The third-order valence-electron chi connectivity index (χ3n) is 2.50. The van der Waals surface area contributed by atoms with Crippen LogP contribution in [0.5, 0.6) is 0 Å². The van der Waals surface area contributed by atoms with Crippen molar-refractivity contribution in [2.24, 2.45) is 7.05 Å². The molecule has 0 saturated carbocycles. The number of pyridine rings is 1. The van der Waals surface area contributed by atoms with E-state index in [9.17, 15) is 0 Å². The van der Waals surface area contributed by atoms with Crippen LogP contribution in [0, 0.1) is 0 Å². The molecule has 92 valence electrons. The maximum atomic E-state index is 5.72. The van der Waals surface area contributed by atoms with Gasteiger partial charge in [-0.1, -0.05) is 12.1 Å². The first-order valence-electron chi connectivity index (χ1n) is 5.24. The smallest absolute Gasteiger partial charge is 0.233 e. The fourth-order valence-corrected chi connectivity index (χ4v) is 2.36. The molecule has 0 unspecified atom stereocenters. The van der Waals surface area contributed by atoms with E-state index in [0.717, 1.165) is 21.1 Å². The van der Waals surface area contributed by atoms with Crippen molar-refractivity contribution in [1.82, 2.24) is 4.98 Å². The lowest BCUT2D eigenvalue weighted by Crippen LogP contribution is -3.00. The van der Waals surface area contributed by atoms with E-state index in [0.29, 0.717) is 5.89 Å². The standard InChI is InChI=1S/C13H10BrN2O.HI/c1-16-7-9(6-10(14)8-16)13-15-11-4-2-3-5-12(11)17-13;/h2-8H,1H3;1H/q+1;/p-1. The van der Waals surface area contributed by atoms with Crippen LogP contribution in [-0.4, -0.2) is 4.98 Å². The van der Waals surface area contributed by atoms with E-state index in [-0.39, 0.29) is 24.0 Å². The molecule has 3 aromatic rings. The molecule has 5 heteroatoms. The molecule has 0 aliphatic carbocycles. The number of oxazole rings is 1. The number of halogens is 2. The second-order valence-corrected chi connectivity index (χ2v) is 4.81. The number of aromatic nitrogens is 2. The summed E-state index contributed by atoms with van der Waals surface area (Å²) in [5.74, 6) is 0.642. The first-order valence-corrected chi connectivity index (χ1v) is 6.03. The number of benzene rings is 1. The van der Waals surface area contributed by atoms with Crippen molar-refractivity contribution >= 4 is 27.0 Å². The Labute approximate surface area is 130 Å². The maximum Gasteiger partial charge on any atom is 0.233 e. The monoisotopic (exact) mass is 416 g/mol. The molecule has 18 heavy (non-hydrogen) atoms. The van der Waals surface area contributed by atoms with Crippen LogP contribution in [0.3, 0.4) is 0 Å². The van der Waals surface area contributed by atoms with Crippen LogP contribution in [-0.2, 0) is 7.05 Å². The van der Waals surface area contributed by atoms with Crippen LogP contribution in [0.4, 0.5) is 0 Å². The van der Waals surface area contributed by atoms with Gasteiger partial charge in [-0.25, -0.2) is 9.55 Å². The molecule has 0 aliphatic heterocycles. The summed E-state index contributed by atoms with van der Waals surface area (Å²) in [5.41, 5.74) is 2.65. The minimum atomic E-state index is 0. The van der Waals surface area contributed by atoms with E-state index in [4.69, 9.17) is 4.42 Å². The lowest BCUT2D eigenvalue weighted by Gasteiger charge is -1.94. The SMILES string of the molecule is C[n+]1cc(Br)cc(-c2nc3ccccc3o2)c1.[I-]. The summed E-state index contributed by atoms with van der Waals surface area (Å²) in [7, 11) is 1.97. The van der Waals surface area contributed by atoms with Gasteiger partial charge >= 0.3 is 0 Å². The zero-order valence-electron chi connectivity index (χ0n) is 9.60. The van der Waals surface area contributed by atoms with Crippen molar-refractivity contribution in [3.8, 4) is 11.5 Å². The number of hydrogen-bond donors (Lipinski definition) is 0. The van der Waals surface area contributed by atoms with Gasteiger partial charge in [-0.2, -0.15) is 0 Å².